The molecule has 0 saturated heterocycles. The summed E-state index contributed by atoms with van der Waals surface area (Å²) in [5.41, 5.74) is 5.16. The number of benzene rings is 1. The highest BCUT2D eigenvalue weighted by atomic mass is 35.5. The predicted molar refractivity (Wildman–Crippen MR) is 65.2 cm³/mol. The molecule has 0 aliphatic carbocycles. The van der Waals surface area contributed by atoms with E-state index in [4.69, 9.17) is 17.3 Å². The van der Waals surface area contributed by atoms with Crippen LogP contribution in [-0.2, 0) is 10.0 Å². The van der Waals surface area contributed by atoms with E-state index in [2.05, 4.69) is 14.9 Å². The number of nitrogen functional groups attached to an aromatic ring is 1. The van der Waals surface area contributed by atoms with Crippen molar-refractivity contribution in [3.8, 4) is 0 Å². The summed E-state index contributed by atoms with van der Waals surface area (Å²) in [4.78, 5) is -0.617. The van der Waals surface area contributed by atoms with Crippen molar-refractivity contribution in [3.05, 3.63) is 35.4 Å². The van der Waals surface area contributed by atoms with Gasteiger partial charge in [0.05, 0.1) is 17.6 Å². The zero-order valence-electron chi connectivity index (χ0n) is 8.81. The lowest BCUT2D eigenvalue weighted by Gasteiger charge is -2.08. The second-order valence-corrected chi connectivity index (χ2v) is 5.49. The fraction of sp³-hybridized carbons (Fsp3) is 0. The minimum atomic E-state index is -4.11. The lowest BCUT2D eigenvalue weighted by Crippen LogP contribution is -2.15. The molecule has 0 radical (unpaired) electrons. The molecule has 0 bridgehead atoms. The van der Waals surface area contributed by atoms with Gasteiger partial charge in [0.2, 0.25) is 0 Å². The molecule has 18 heavy (non-hydrogen) atoms. The van der Waals surface area contributed by atoms with Crippen LogP contribution in [0.1, 0.15) is 0 Å². The van der Waals surface area contributed by atoms with Gasteiger partial charge in [0.15, 0.2) is 5.82 Å². The van der Waals surface area contributed by atoms with Gasteiger partial charge >= 0.3 is 0 Å². The van der Waals surface area contributed by atoms with Crippen LogP contribution in [0.5, 0.6) is 0 Å². The molecule has 4 N–H and O–H groups in total. The van der Waals surface area contributed by atoms with Gasteiger partial charge in [-0.05, 0) is 12.1 Å². The number of nitrogens with one attached hydrogen (secondary N) is 2. The molecule has 1 heterocycles. The average molecular weight is 291 g/mol. The quantitative estimate of drug-likeness (QED) is 0.747. The third kappa shape index (κ3) is 2.39. The minimum absolute atomic E-state index is 0.0291. The van der Waals surface area contributed by atoms with Gasteiger partial charge in [0.1, 0.15) is 4.90 Å². The van der Waals surface area contributed by atoms with Gasteiger partial charge in [-0.3, -0.25) is 9.82 Å². The Hall–Kier alpha value is -1.80. The van der Waals surface area contributed by atoms with Crippen LogP contribution in [0, 0.1) is 5.82 Å². The van der Waals surface area contributed by atoms with E-state index in [0.29, 0.717) is 0 Å². The van der Waals surface area contributed by atoms with E-state index >= 15 is 0 Å². The van der Waals surface area contributed by atoms with Gasteiger partial charge in [0, 0.05) is 11.2 Å². The summed E-state index contributed by atoms with van der Waals surface area (Å²) in [5, 5.41) is 6.01. The first kappa shape index (κ1) is 12.7. The molecule has 1 aromatic carbocycles. The van der Waals surface area contributed by atoms with Crippen molar-refractivity contribution in [2.45, 2.75) is 4.90 Å². The molecular weight excluding hydrogens is 283 g/mol. The van der Waals surface area contributed by atoms with E-state index in [9.17, 15) is 12.8 Å². The molecule has 0 fully saturated rings. The lowest BCUT2D eigenvalue weighted by molar-refractivity contribution is 0.573. The van der Waals surface area contributed by atoms with Gasteiger partial charge in [0.25, 0.3) is 10.0 Å². The summed E-state index contributed by atoms with van der Waals surface area (Å²) in [6.07, 6.45) is 2.55. The molecule has 96 valence electrons. The Morgan fingerprint density at radius 3 is 2.78 bits per heavy atom. The van der Waals surface area contributed by atoms with Crippen LogP contribution in [0.2, 0.25) is 5.02 Å². The van der Waals surface area contributed by atoms with Crippen LogP contribution in [0.25, 0.3) is 0 Å². The van der Waals surface area contributed by atoms with Crippen LogP contribution in [-0.4, -0.2) is 18.6 Å². The number of nitrogens with zero attached hydrogens (tertiary/aromatic N) is 1. The highest BCUT2D eigenvalue weighted by Gasteiger charge is 2.22. The molecule has 0 saturated carbocycles. The summed E-state index contributed by atoms with van der Waals surface area (Å²) in [5.74, 6) is -1.05. The number of hydrogen-bond acceptors (Lipinski definition) is 4. The highest BCUT2D eigenvalue weighted by Crippen LogP contribution is 2.26. The largest absolute Gasteiger partial charge is 0.396 e. The molecule has 0 amide bonds. The number of halogens is 2. The molecule has 0 atom stereocenters. The molecule has 0 aliphatic rings. The number of sulfonamides is 1. The van der Waals surface area contributed by atoms with Gasteiger partial charge in [-0.15, -0.1) is 0 Å². The van der Waals surface area contributed by atoms with Crippen LogP contribution in [0.3, 0.4) is 0 Å². The summed E-state index contributed by atoms with van der Waals surface area (Å²) in [6.45, 7) is 0. The third-order valence-corrected chi connectivity index (χ3v) is 3.67. The molecule has 9 heteroatoms. The van der Waals surface area contributed by atoms with Crippen molar-refractivity contribution in [3.63, 3.8) is 0 Å². The van der Waals surface area contributed by atoms with Crippen molar-refractivity contribution < 1.29 is 12.8 Å². The number of rotatable bonds is 3. The molecule has 2 rings (SSSR count). The molecule has 2 aromatic rings. The van der Waals surface area contributed by atoms with Gasteiger partial charge in [-0.1, -0.05) is 11.6 Å². The normalized spacial score (nSPS) is 11.4. The monoisotopic (exact) mass is 290 g/mol. The van der Waals surface area contributed by atoms with Crippen molar-refractivity contribution in [2.24, 2.45) is 0 Å². The SMILES string of the molecule is Nc1cc(Cl)cc(S(=O)(=O)Nc2cn[nH]c2)c1F. The number of aromatic amines is 1. The Balaban J connectivity index is 2.48. The van der Waals surface area contributed by atoms with Crippen LogP contribution in [0.4, 0.5) is 15.8 Å². The smallest absolute Gasteiger partial charge is 0.265 e. The van der Waals surface area contributed by atoms with E-state index in [1.807, 2.05) is 0 Å². The van der Waals surface area contributed by atoms with Crippen LogP contribution >= 0.6 is 11.6 Å². The van der Waals surface area contributed by atoms with Gasteiger partial charge in [-0.2, -0.15) is 5.10 Å². The highest BCUT2D eigenvalue weighted by molar-refractivity contribution is 7.92. The third-order valence-electron chi connectivity index (χ3n) is 2.07. The van der Waals surface area contributed by atoms with Crippen LogP contribution < -0.4 is 10.5 Å². The van der Waals surface area contributed by atoms with E-state index in [0.717, 1.165) is 12.1 Å². The number of aromatic nitrogens is 2. The number of anilines is 2. The summed E-state index contributed by atoms with van der Waals surface area (Å²) < 4.78 is 39.6. The molecule has 0 aliphatic heterocycles. The molecular formula is C9H8ClFN4O2S. The average Bonchev–Trinajstić information content (AvgIpc) is 2.75. The minimum Gasteiger partial charge on any atom is -0.396 e. The lowest BCUT2D eigenvalue weighted by atomic mass is 10.3. The van der Waals surface area contributed by atoms with E-state index in [-0.39, 0.29) is 16.4 Å². The number of hydrogen-bond donors (Lipinski definition) is 3. The van der Waals surface area contributed by atoms with Crippen molar-refractivity contribution >= 4 is 33.0 Å². The second-order valence-electron chi connectivity index (χ2n) is 3.40. The van der Waals surface area contributed by atoms with Crippen molar-refractivity contribution in [1.82, 2.24) is 10.2 Å². The Labute approximate surface area is 107 Å². The summed E-state index contributed by atoms with van der Waals surface area (Å²) in [7, 11) is -4.11. The fourth-order valence-corrected chi connectivity index (χ4v) is 2.76. The standard InChI is InChI=1S/C9H8ClFN4O2S/c10-5-1-7(12)9(11)8(2-5)18(16,17)15-6-3-13-14-4-6/h1-4,15H,12H2,(H,13,14). The summed E-state index contributed by atoms with van der Waals surface area (Å²) in [6, 6.07) is 2.11. The first-order chi connectivity index (χ1) is 8.40. The zero-order valence-corrected chi connectivity index (χ0v) is 10.4. The van der Waals surface area contributed by atoms with E-state index in [1.54, 1.807) is 0 Å². The Kier molecular flexibility index (Phi) is 3.14. The Bertz CT molecular complexity index is 672. The maximum Gasteiger partial charge on any atom is 0.265 e. The molecule has 0 unspecified atom stereocenters. The molecule has 6 nitrogen and oxygen atoms in total. The molecule has 0 spiro atoms. The summed E-state index contributed by atoms with van der Waals surface area (Å²) >= 11 is 5.65. The number of nitrogens with two attached hydrogens (primary N) is 1. The van der Waals surface area contributed by atoms with E-state index in [1.165, 1.54) is 12.4 Å². The predicted octanol–water partition coefficient (Wildman–Crippen LogP) is 1.59. The van der Waals surface area contributed by atoms with E-state index < -0.39 is 20.7 Å². The van der Waals surface area contributed by atoms with Gasteiger partial charge in [-0.25, -0.2) is 12.8 Å². The van der Waals surface area contributed by atoms with Crippen molar-refractivity contribution in [1.29, 1.82) is 0 Å². The first-order valence-electron chi connectivity index (χ1n) is 4.66. The Morgan fingerprint density at radius 2 is 2.17 bits per heavy atom. The topological polar surface area (TPSA) is 101 Å². The second kappa shape index (κ2) is 4.46. The first-order valence-corrected chi connectivity index (χ1v) is 6.52. The maximum atomic E-state index is 13.7. The van der Waals surface area contributed by atoms with Gasteiger partial charge < -0.3 is 5.73 Å². The fourth-order valence-electron chi connectivity index (χ4n) is 1.30. The molecule has 1 aromatic heterocycles. The van der Waals surface area contributed by atoms with Crippen molar-refractivity contribution in [2.75, 3.05) is 10.5 Å². The maximum absolute atomic E-state index is 13.7. The van der Waals surface area contributed by atoms with Crippen LogP contribution in [0.15, 0.2) is 29.4 Å². The number of H-pyrrole nitrogens is 1. The Morgan fingerprint density at radius 1 is 1.44 bits per heavy atom. The zero-order chi connectivity index (χ0) is 13.3.